The van der Waals surface area contributed by atoms with Gasteiger partial charge in [0.25, 0.3) is 0 Å². The van der Waals surface area contributed by atoms with E-state index in [1.807, 2.05) is 6.07 Å². The first-order chi connectivity index (χ1) is 11.3. The van der Waals surface area contributed by atoms with Gasteiger partial charge in [-0.2, -0.15) is 0 Å². The van der Waals surface area contributed by atoms with Crippen molar-refractivity contribution >= 4 is 17.2 Å². The fourth-order valence-electron chi connectivity index (χ4n) is 3.07. The van der Waals surface area contributed by atoms with Crippen molar-refractivity contribution in [3.8, 4) is 0 Å². The summed E-state index contributed by atoms with van der Waals surface area (Å²) in [5.74, 6) is 0.194. The third-order valence-electron chi connectivity index (χ3n) is 4.38. The van der Waals surface area contributed by atoms with Crippen LogP contribution < -0.4 is 5.32 Å². The molecule has 0 radical (unpaired) electrons. The van der Waals surface area contributed by atoms with E-state index in [0.717, 1.165) is 38.9 Å². The molecule has 2 aromatic rings. The maximum absolute atomic E-state index is 12.1. The Balaban J connectivity index is 1.36. The lowest BCUT2D eigenvalue weighted by atomic mass is 10.0. The molecule has 2 heterocycles. The van der Waals surface area contributed by atoms with Gasteiger partial charge in [-0.05, 0) is 36.3 Å². The zero-order chi connectivity index (χ0) is 15.9. The van der Waals surface area contributed by atoms with Crippen LogP contribution in [0.1, 0.15) is 29.7 Å². The second kappa shape index (κ2) is 8.27. The second-order valence-corrected chi connectivity index (χ2v) is 7.22. The van der Waals surface area contributed by atoms with E-state index < -0.39 is 0 Å². The van der Waals surface area contributed by atoms with E-state index in [0.29, 0.717) is 12.5 Å². The highest BCUT2D eigenvalue weighted by molar-refractivity contribution is 7.09. The largest absolute Gasteiger partial charge is 0.353 e. The minimum Gasteiger partial charge on any atom is -0.353 e. The number of thiophene rings is 1. The van der Waals surface area contributed by atoms with Crippen molar-refractivity contribution < 1.29 is 4.79 Å². The Hall–Kier alpha value is -1.65. The summed E-state index contributed by atoms with van der Waals surface area (Å²) in [6.07, 6.45) is 3.57. The van der Waals surface area contributed by atoms with Crippen LogP contribution in [0.3, 0.4) is 0 Å². The van der Waals surface area contributed by atoms with Crippen molar-refractivity contribution in [2.75, 3.05) is 13.1 Å². The highest BCUT2D eigenvalue weighted by Crippen LogP contribution is 2.15. The Morgan fingerprint density at radius 2 is 1.91 bits per heavy atom. The highest BCUT2D eigenvalue weighted by Gasteiger charge is 2.20. The molecule has 0 unspecified atom stereocenters. The normalized spacial score (nSPS) is 16.3. The average molecular weight is 328 g/mol. The Kier molecular flexibility index (Phi) is 5.83. The number of piperidine rings is 1. The summed E-state index contributed by atoms with van der Waals surface area (Å²) in [7, 11) is 0. The zero-order valence-electron chi connectivity index (χ0n) is 13.4. The number of hydrogen-bond donors (Lipinski definition) is 1. The van der Waals surface area contributed by atoms with Gasteiger partial charge in [-0.3, -0.25) is 9.69 Å². The zero-order valence-corrected chi connectivity index (χ0v) is 14.2. The number of carbonyl (C=O) groups excluding carboxylic acids is 1. The van der Waals surface area contributed by atoms with Gasteiger partial charge >= 0.3 is 0 Å². The van der Waals surface area contributed by atoms with Crippen LogP contribution in [0.15, 0.2) is 47.8 Å². The first-order valence-electron chi connectivity index (χ1n) is 8.37. The molecule has 1 saturated heterocycles. The van der Waals surface area contributed by atoms with Gasteiger partial charge in [-0.15, -0.1) is 11.3 Å². The van der Waals surface area contributed by atoms with Crippen LogP contribution in [-0.2, 0) is 17.8 Å². The molecule has 1 N–H and O–H groups in total. The number of rotatable bonds is 6. The minimum atomic E-state index is 0.194. The van der Waals surface area contributed by atoms with Gasteiger partial charge in [0.05, 0.1) is 0 Å². The Morgan fingerprint density at radius 1 is 1.13 bits per heavy atom. The molecule has 122 valence electrons. The maximum Gasteiger partial charge on any atom is 0.220 e. The molecule has 0 aliphatic carbocycles. The van der Waals surface area contributed by atoms with Crippen LogP contribution >= 0.6 is 11.3 Å². The van der Waals surface area contributed by atoms with Crippen molar-refractivity contribution in [3.63, 3.8) is 0 Å². The molecule has 0 spiro atoms. The lowest BCUT2D eigenvalue weighted by Crippen LogP contribution is -2.44. The van der Waals surface area contributed by atoms with Crippen LogP contribution in [0, 0.1) is 0 Å². The molecule has 0 bridgehead atoms. The Morgan fingerprint density at radius 3 is 2.61 bits per heavy atom. The van der Waals surface area contributed by atoms with E-state index in [-0.39, 0.29) is 5.91 Å². The lowest BCUT2D eigenvalue weighted by molar-refractivity contribution is -0.122. The fourth-order valence-corrected chi connectivity index (χ4v) is 3.78. The summed E-state index contributed by atoms with van der Waals surface area (Å²) < 4.78 is 0. The minimum absolute atomic E-state index is 0.194. The molecular formula is C19H24N2OS. The van der Waals surface area contributed by atoms with E-state index in [1.54, 1.807) is 11.3 Å². The predicted molar refractivity (Wildman–Crippen MR) is 95.5 cm³/mol. The molecule has 1 fully saturated rings. The molecule has 1 aromatic carbocycles. The van der Waals surface area contributed by atoms with Crippen LogP contribution in [0.4, 0.5) is 0 Å². The van der Waals surface area contributed by atoms with Gasteiger partial charge in [0.2, 0.25) is 5.91 Å². The number of benzene rings is 1. The summed E-state index contributed by atoms with van der Waals surface area (Å²) in [6, 6.07) is 15.1. The van der Waals surface area contributed by atoms with Crippen molar-refractivity contribution in [1.29, 1.82) is 0 Å². The summed E-state index contributed by atoms with van der Waals surface area (Å²) in [5, 5.41) is 5.27. The lowest BCUT2D eigenvalue weighted by Gasteiger charge is -2.32. The second-order valence-electron chi connectivity index (χ2n) is 6.18. The van der Waals surface area contributed by atoms with E-state index in [9.17, 15) is 4.79 Å². The Labute approximate surface area is 142 Å². The van der Waals surface area contributed by atoms with Gasteiger partial charge in [0.15, 0.2) is 0 Å². The van der Waals surface area contributed by atoms with Gasteiger partial charge in [-0.25, -0.2) is 0 Å². The number of hydrogen-bond acceptors (Lipinski definition) is 3. The molecule has 1 aliphatic heterocycles. The predicted octanol–water partition coefficient (Wildman–Crippen LogP) is 3.46. The summed E-state index contributed by atoms with van der Waals surface area (Å²) in [4.78, 5) is 15.8. The molecule has 1 aromatic heterocycles. The van der Waals surface area contributed by atoms with Crippen molar-refractivity contribution in [2.45, 2.75) is 38.3 Å². The standard InChI is InChI=1S/C19H24N2OS/c22-19(9-8-18-7-4-14-23-18)20-17-10-12-21(13-11-17)15-16-5-2-1-3-6-16/h1-7,14,17H,8-13,15H2,(H,20,22). The highest BCUT2D eigenvalue weighted by atomic mass is 32.1. The van der Waals surface area contributed by atoms with Gasteiger partial charge in [-0.1, -0.05) is 36.4 Å². The Bertz CT molecular complexity index is 589. The monoisotopic (exact) mass is 328 g/mol. The number of aryl methyl sites for hydroxylation is 1. The topological polar surface area (TPSA) is 32.3 Å². The number of likely N-dealkylation sites (tertiary alicyclic amines) is 1. The van der Waals surface area contributed by atoms with E-state index in [1.165, 1.54) is 10.4 Å². The quantitative estimate of drug-likeness (QED) is 0.881. The van der Waals surface area contributed by atoms with Crippen LogP contribution in [0.2, 0.25) is 0 Å². The molecule has 3 rings (SSSR count). The number of nitrogens with one attached hydrogen (secondary N) is 1. The summed E-state index contributed by atoms with van der Waals surface area (Å²) in [6.45, 7) is 3.13. The third-order valence-corrected chi connectivity index (χ3v) is 5.32. The molecule has 0 atom stereocenters. The van der Waals surface area contributed by atoms with E-state index in [2.05, 4.69) is 52.0 Å². The maximum atomic E-state index is 12.1. The molecule has 1 aliphatic rings. The van der Waals surface area contributed by atoms with E-state index >= 15 is 0 Å². The fraction of sp³-hybridized carbons (Fsp3) is 0.421. The molecule has 4 heteroatoms. The number of carbonyl (C=O) groups is 1. The number of amides is 1. The van der Waals surface area contributed by atoms with Crippen LogP contribution in [-0.4, -0.2) is 29.9 Å². The van der Waals surface area contributed by atoms with Crippen molar-refractivity contribution in [2.24, 2.45) is 0 Å². The average Bonchev–Trinajstić information content (AvgIpc) is 3.09. The van der Waals surface area contributed by atoms with Gasteiger partial charge in [0.1, 0.15) is 0 Å². The van der Waals surface area contributed by atoms with Crippen molar-refractivity contribution in [1.82, 2.24) is 10.2 Å². The molecule has 3 nitrogen and oxygen atoms in total. The molecule has 23 heavy (non-hydrogen) atoms. The number of nitrogens with zero attached hydrogens (tertiary/aromatic N) is 1. The third kappa shape index (κ3) is 5.19. The molecule has 1 amide bonds. The molecular weight excluding hydrogens is 304 g/mol. The molecule has 0 saturated carbocycles. The van der Waals surface area contributed by atoms with Crippen molar-refractivity contribution in [3.05, 3.63) is 58.3 Å². The van der Waals surface area contributed by atoms with Gasteiger partial charge in [0, 0.05) is 37.0 Å². The first kappa shape index (κ1) is 16.2. The SMILES string of the molecule is O=C(CCc1cccs1)NC1CCN(Cc2ccccc2)CC1. The summed E-state index contributed by atoms with van der Waals surface area (Å²) in [5.41, 5.74) is 1.37. The van der Waals surface area contributed by atoms with Crippen LogP contribution in [0.5, 0.6) is 0 Å². The van der Waals surface area contributed by atoms with Gasteiger partial charge < -0.3 is 5.32 Å². The van der Waals surface area contributed by atoms with Crippen LogP contribution in [0.25, 0.3) is 0 Å². The smallest absolute Gasteiger partial charge is 0.220 e. The van der Waals surface area contributed by atoms with E-state index in [4.69, 9.17) is 0 Å². The first-order valence-corrected chi connectivity index (χ1v) is 9.25. The summed E-state index contributed by atoms with van der Waals surface area (Å²) >= 11 is 1.73.